The van der Waals surface area contributed by atoms with Crippen LogP contribution in [0.3, 0.4) is 0 Å². The summed E-state index contributed by atoms with van der Waals surface area (Å²) in [5.41, 5.74) is 2.76. The van der Waals surface area contributed by atoms with E-state index in [1.165, 1.54) is 6.42 Å². The van der Waals surface area contributed by atoms with Crippen LogP contribution in [-0.2, 0) is 16.1 Å². The minimum Gasteiger partial charge on any atom is -0.497 e. The molecule has 0 bridgehead atoms. The summed E-state index contributed by atoms with van der Waals surface area (Å²) in [4.78, 5) is 29.6. The second kappa shape index (κ2) is 11.2. The fourth-order valence-corrected chi connectivity index (χ4v) is 5.02. The molecule has 8 heteroatoms. The number of carbonyl (C=O) groups is 2. The van der Waals surface area contributed by atoms with Crippen molar-refractivity contribution < 1.29 is 14.3 Å². The summed E-state index contributed by atoms with van der Waals surface area (Å²) < 4.78 is 7.02. The zero-order valence-corrected chi connectivity index (χ0v) is 20.9. The molecule has 1 fully saturated rings. The molecule has 0 radical (unpaired) electrons. The Morgan fingerprint density at radius 1 is 1.00 bits per heavy atom. The van der Waals surface area contributed by atoms with Gasteiger partial charge in [-0.05, 0) is 42.7 Å². The van der Waals surface area contributed by atoms with Gasteiger partial charge in [0, 0.05) is 17.8 Å². The molecule has 1 unspecified atom stereocenters. The van der Waals surface area contributed by atoms with E-state index in [2.05, 4.69) is 15.6 Å². The predicted octanol–water partition coefficient (Wildman–Crippen LogP) is 4.66. The summed E-state index contributed by atoms with van der Waals surface area (Å²) in [6.07, 6.45) is 5.28. The maximum absolute atomic E-state index is 14.1. The van der Waals surface area contributed by atoms with Crippen molar-refractivity contribution in [2.24, 2.45) is 0 Å². The number of carbonyl (C=O) groups excluding carboxylic acids is 2. The van der Waals surface area contributed by atoms with Crippen LogP contribution in [0.15, 0.2) is 78.9 Å². The van der Waals surface area contributed by atoms with Crippen LogP contribution in [0.1, 0.15) is 43.7 Å². The molecule has 5 rings (SSSR count). The first-order valence-electron chi connectivity index (χ1n) is 12.7. The number of benzene rings is 3. The van der Waals surface area contributed by atoms with Gasteiger partial charge in [0.1, 0.15) is 23.9 Å². The average Bonchev–Trinajstić information content (AvgIpc) is 3.35. The van der Waals surface area contributed by atoms with Gasteiger partial charge in [0.25, 0.3) is 0 Å². The first-order valence-corrected chi connectivity index (χ1v) is 12.7. The third-order valence-corrected chi connectivity index (χ3v) is 6.88. The van der Waals surface area contributed by atoms with E-state index >= 15 is 0 Å². The van der Waals surface area contributed by atoms with Crippen molar-refractivity contribution in [3.63, 3.8) is 0 Å². The lowest BCUT2D eigenvalue weighted by molar-refractivity contribution is -0.127. The van der Waals surface area contributed by atoms with Crippen LogP contribution in [0, 0.1) is 0 Å². The van der Waals surface area contributed by atoms with Crippen LogP contribution < -0.4 is 15.0 Å². The van der Waals surface area contributed by atoms with Crippen LogP contribution in [-0.4, -0.2) is 40.0 Å². The highest BCUT2D eigenvalue weighted by atomic mass is 16.5. The van der Waals surface area contributed by atoms with Gasteiger partial charge in [0.05, 0.1) is 12.6 Å². The number of hydrogen-bond acceptors (Lipinski definition) is 5. The molecule has 1 atom stereocenters. The van der Waals surface area contributed by atoms with E-state index in [-0.39, 0.29) is 24.4 Å². The fourth-order valence-electron chi connectivity index (χ4n) is 5.02. The SMILES string of the molecule is COc1cccc(N(C(=O)Cn2nnc3ccccc32)C(C(=O)NC2CCCCC2)c2ccccc2)c1. The largest absolute Gasteiger partial charge is 0.497 e. The highest BCUT2D eigenvalue weighted by Gasteiger charge is 2.34. The molecular formula is C29H31N5O3. The third-order valence-electron chi connectivity index (χ3n) is 6.88. The van der Waals surface area contributed by atoms with Gasteiger partial charge in [-0.1, -0.05) is 73.0 Å². The Kier molecular flexibility index (Phi) is 7.44. The quantitative estimate of drug-likeness (QED) is 0.382. The number of nitrogens with one attached hydrogen (secondary N) is 1. The number of anilines is 1. The van der Waals surface area contributed by atoms with Crippen molar-refractivity contribution in [1.82, 2.24) is 20.3 Å². The maximum Gasteiger partial charge on any atom is 0.249 e. The standard InChI is InChI=1S/C29H31N5O3/c1-37-24-16-10-15-23(19-24)34(27(35)20-33-26-18-9-8-17-25(26)31-32-33)28(21-11-4-2-5-12-21)29(36)30-22-13-6-3-7-14-22/h2,4-5,8-12,15-19,22,28H,3,6-7,13-14,20H2,1H3,(H,30,36). The Labute approximate surface area is 216 Å². The van der Waals surface area contributed by atoms with Crippen LogP contribution in [0.4, 0.5) is 5.69 Å². The Morgan fingerprint density at radius 3 is 2.54 bits per heavy atom. The molecule has 37 heavy (non-hydrogen) atoms. The zero-order valence-electron chi connectivity index (χ0n) is 20.9. The van der Waals surface area contributed by atoms with Gasteiger partial charge in [-0.2, -0.15) is 0 Å². The molecule has 1 saturated carbocycles. The smallest absolute Gasteiger partial charge is 0.249 e. The second-order valence-corrected chi connectivity index (χ2v) is 9.36. The minimum absolute atomic E-state index is 0.0717. The number of fused-ring (bicyclic) bond motifs is 1. The first-order chi connectivity index (χ1) is 18.1. The lowest BCUT2D eigenvalue weighted by atomic mass is 9.94. The second-order valence-electron chi connectivity index (χ2n) is 9.36. The molecule has 1 heterocycles. The van der Waals surface area contributed by atoms with Gasteiger partial charge in [-0.25, -0.2) is 4.68 Å². The highest BCUT2D eigenvalue weighted by Crippen LogP contribution is 2.31. The van der Waals surface area contributed by atoms with Crippen LogP contribution >= 0.6 is 0 Å². The van der Waals surface area contributed by atoms with Crippen molar-refractivity contribution in [3.05, 3.63) is 84.4 Å². The van der Waals surface area contributed by atoms with Gasteiger partial charge in [-0.15, -0.1) is 5.10 Å². The normalized spacial score (nSPS) is 14.7. The molecule has 0 aliphatic heterocycles. The summed E-state index contributed by atoms with van der Waals surface area (Å²) in [7, 11) is 1.58. The maximum atomic E-state index is 14.1. The topological polar surface area (TPSA) is 89.3 Å². The molecule has 1 aliphatic carbocycles. The van der Waals surface area contributed by atoms with Crippen LogP contribution in [0.5, 0.6) is 5.75 Å². The third kappa shape index (κ3) is 5.48. The Balaban J connectivity index is 1.56. The molecule has 1 N–H and O–H groups in total. The number of para-hydroxylation sites is 1. The Hall–Kier alpha value is -4.20. The number of nitrogens with zero attached hydrogens (tertiary/aromatic N) is 4. The molecule has 4 aromatic rings. The summed E-state index contributed by atoms with van der Waals surface area (Å²) in [6.45, 7) is -0.0717. The molecule has 0 spiro atoms. The lowest BCUT2D eigenvalue weighted by Gasteiger charge is -2.33. The lowest BCUT2D eigenvalue weighted by Crippen LogP contribution is -2.48. The van der Waals surface area contributed by atoms with Crippen LogP contribution in [0.25, 0.3) is 11.0 Å². The molecule has 8 nitrogen and oxygen atoms in total. The van der Waals surface area contributed by atoms with Gasteiger partial charge >= 0.3 is 0 Å². The van der Waals surface area contributed by atoms with Crippen molar-refractivity contribution in [2.45, 2.75) is 50.7 Å². The molecule has 0 saturated heterocycles. The monoisotopic (exact) mass is 497 g/mol. The fraction of sp³-hybridized carbons (Fsp3) is 0.310. The number of amides is 2. The van der Waals surface area contributed by atoms with E-state index in [0.29, 0.717) is 17.0 Å². The van der Waals surface area contributed by atoms with E-state index in [1.807, 2.05) is 72.8 Å². The zero-order chi connectivity index (χ0) is 25.6. The van der Waals surface area contributed by atoms with Crippen molar-refractivity contribution >= 4 is 28.5 Å². The molecule has 3 aromatic carbocycles. The van der Waals surface area contributed by atoms with E-state index < -0.39 is 6.04 Å². The van der Waals surface area contributed by atoms with E-state index in [9.17, 15) is 9.59 Å². The number of hydrogen-bond donors (Lipinski definition) is 1. The van der Waals surface area contributed by atoms with Crippen molar-refractivity contribution in [2.75, 3.05) is 12.0 Å². The highest BCUT2D eigenvalue weighted by molar-refractivity contribution is 6.01. The molecule has 2 amide bonds. The van der Waals surface area contributed by atoms with Gasteiger partial charge in [0.2, 0.25) is 11.8 Å². The number of methoxy groups -OCH3 is 1. The molecule has 1 aliphatic rings. The number of ether oxygens (including phenoxy) is 1. The van der Waals surface area contributed by atoms with E-state index in [0.717, 1.165) is 36.8 Å². The summed E-state index contributed by atoms with van der Waals surface area (Å²) >= 11 is 0. The van der Waals surface area contributed by atoms with Crippen molar-refractivity contribution in [1.29, 1.82) is 0 Å². The Bertz CT molecular complexity index is 1360. The van der Waals surface area contributed by atoms with E-state index in [1.54, 1.807) is 22.8 Å². The van der Waals surface area contributed by atoms with Crippen LogP contribution in [0.2, 0.25) is 0 Å². The molecular weight excluding hydrogens is 466 g/mol. The van der Waals surface area contributed by atoms with E-state index in [4.69, 9.17) is 4.74 Å². The number of rotatable bonds is 8. The summed E-state index contributed by atoms with van der Waals surface area (Å²) in [5.74, 6) is 0.121. The van der Waals surface area contributed by atoms with Gasteiger partial charge < -0.3 is 10.1 Å². The van der Waals surface area contributed by atoms with Crippen molar-refractivity contribution in [3.8, 4) is 5.75 Å². The number of aromatic nitrogens is 3. The molecule has 190 valence electrons. The molecule has 1 aromatic heterocycles. The predicted molar refractivity (Wildman–Crippen MR) is 142 cm³/mol. The summed E-state index contributed by atoms with van der Waals surface area (Å²) in [5, 5.41) is 11.6. The minimum atomic E-state index is -0.863. The summed E-state index contributed by atoms with van der Waals surface area (Å²) in [6, 6.07) is 23.4. The Morgan fingerprint density at radius 2 is 1.76 bits per heavy atom. The van der Waals surface area contributed by atoms with Gasteiger partial charge in [-0.3, -0.25) is 14.5 Å². The first kappa shape index (κ1) is 24.5. The average molecular weight is 498 g/mol. The van der Waals surface area contributed by atoms with Gasteiger partial charge in [0.15, 0.2) is 0 Å².